The van der Waals surface area contributed by atoms with Crippen LogP contribution >= 0.6 is 0 Å². The molecule has 0 aromatic heterocycles. The summed E-state index contributed by atoms with van der Waals surface area (Å²) >= 11 is 0. The summed E-state index contributed by atoms with van der Waals surface area (Å²) in [4.78, 5) is 30.8. The fourth-order valence-corrected chi connectivity index (χ4v) is 0.533. The third-order valence-corrected chi connectivity index (χ3v) is 1.07. The molecule has 12 heavy (non-hydrogen) atoms. The average Bonchev–Trinajstić information content (AvgIpc) is 2.07. The molecular formula is C5H2Na2O5. The summed E-state index contributed by atoms with van der Waals surface area (Å²) in [5.74, 6) is -2.31. The number of rotatable bonds is 0. The SMILES string of the molecule is O=c1c(O)c(O)c(=O)c1=O.[Na].[Na]. The Labute approximate surface area is 110 Å². The zero-order chi connectivity index (χ0) is 7.89. The summed E-state index contributed by atoms with van der Waals surface area (Å²) in [5.41, 5.74) is -4.08. The normalized spacial score (nSPS) is 8.33. The van der Waals surface area contributed by atoms with Crippen LogP contribution in [0.2, 0.25) is 0 Å². The van der Waals surface area contributed by atoms with Crippen LogP contribution in [-0.2, 0) is 0 Å². The van der Waals surface area contributed by atoms with E-state index in [0.29, 0.717) is 0 Å². The van der Waals surface area contributed by atoms with Crippen LogP contribution in [0.25, 0.3) is 0 Å². The van der Waals surface area contributed by atoms with E-state index in [1.807, 2.05) is 0 Å². The number of aromatic hydroxyl groups is 2. The first-order valence-corrected chi connectivity index (χ1v) is 2.31. The van der Waals surface area contributed by atoms with Crippen molar-refractivity contribution in [3.63, 3.8) is 0 Å². The first-order chi connectivity index (χ1) is 4.55. The van der Waals surface area contributed by atoms with E-state index in [2.05, 4.69) is 0 Å². The Morgan fingerprint density at radius 1 is 0.667 bits per heavy atom. The molecule has 0 spiro atoms. The maximum Gasteiger partial charge on any atom is 0.280 e. The Morgan fingerprint density at radius 3 is 1.00 bits per heavy atom. The molecule has 0 aliphatic heterocycles. The molecule has 0 heterocycles. The van der Waals surface area contributed by atoms with Gasteiger partial charge in [-0.3, -0.25) is 14.4 Å². The zero-order valence-electron chi connectivity index (χ0n) is 6.62. The monoisotopic (exact) mass is 188 g/mol. The quantitative estimate of drug-likeness (QED) is 0.341. The smallest absolute Gasteiger partial charge is 0.280 e. The Hall–Kier alpha value is 0.350. The van der Waals surface area contributed by atoms with Gasteiger partial charge in [-0.15, -0.1) is 0 Å². The van der Waals surface area contributed by atoms with Crippen LogP contribution in [0.1, 0.15) is 0 Å². The zero-order valence-corrected chi connectivity index (χ0v) is 10.6. The van der Waals surface area contributed by atoms with Crippen LogP contribution in [0, 0.1) is 0 Å². The van der Waals surface area contributed by atoms with Crippen LogP contribution in [-0.4, -0.2) is 69.3 Å². The third kappa shape index (κ3) is 2.18. The fourth-order valence-electron chi connectivity index (χ4n) is 0.533. The minimum atomic E-state index is -1.39. The topological polar surface area (TPSA) is 91.7 Å². The van der Waals surface area contributed by atoms with E-state index in [1.165, 1.54) is 0 Å². The third-order valence-electron chi connectivity index (χ3n) is 1.07. The van der Waals surface area contributed by atoms with Gasteiger partial charge in [-0.25, -0.2) is 0 Å². The second kappa shape index (κ2) is 5.16. The molecule has 1 rings (SSSR count). The van der Waals surface area contributed by atoms with Crippen molar-refractivity contribution in [3.05, 3.63) is 30.7 Å². The van der Waals surface area contributed by atoms with Crippen LogP contribution < -0.4 is 16.3 Å². The first-order valence-electron chi connectivity index (χ1n) is 2.31. The molecule has 0 bridgehead atoms. The second-order valence-electron chi connectivity index (χ2n) is 1.68. The summed E-state index contributed by atoms with van der Waals surface area (Å²) < 4.78 is 0. The Morgan fingerprint density at radius 2 is 0.917 bits per heavy atom. The standard InChI is InChI=1S/C5H2O5.2Na/c6-1-2(7)4(9)5(10)3(1)8;;/h6-7H;;. The van der Waals surface area contributed by atoms with Crippen LogP contribution in [0.15, 0.2) is 14.4 Å². The summed E-state index contributed by atoms with van der Waals surface area (Å²) in [6.45, 7) is 0. The predicted molar refractivity (Wildman–Crippen MR) is 42.5 cm³/mol. The van der Waals surface area contributed by atoms with E-state index in [0.717, 1.165) is 0 Å². The fraction of sp³-hybridized carbons (Fsp3) is 0. The molecule has 0 unspecified atom stereocenters. The second-order valence-corrected chi connectivity index (χ2v) is 1.68. The minimum Gasteiger partial charge on any atom is -0.501 e. The van der Waals surface area contributed by atoms with Crippen molar-refractivity contribution in [2.24, 2.45) is 0 Å². The molecule has 2 N–H and O–H groups in total. The molecule has 1 aromatic rings. The van der Waals surface area contributed by atoms with Gasteiger partial charge in [0, 0.05) is 59.1 Å². The molecule has 0 aliphatic carbocycles. The maximum atomic E-state index is 10.3. The van der Waals surface area contributed by atoms with Crippen molar-refractivity contribution in [2.75, 3.05) is 0 Å². The molecule has 5 nitrogen and oxygen atoms in total. The first kappa shape index (κ1) is 14.9. The van der Waals surface area contributed by atoms with Crippen LogP contribution in [0.4, 0.5) is 0 Å². The molecular weight excluding hydrogens is 186 g/mol. The van der Waals surface area contributed by atoms with Crippen molar-refractivity contribution >= 4 is 59.1 Å². The van der Waals surface area contributed by atoms with Gasteiger partial charge in [-0.05, 0) is 0 Å². The largest absolute Gasteiger partial charge is 0.501 e. The van der Waals surface area contributed by atoms with E-state index in [-0.39, 0.29) is 59.1 Å². The van der Waals surface area contributed by atoms with E-state index >= 15 is 0 Å². The molecule has 2 radical (unpaired) electrons. The van der Waals surface area contributed by atoms with Gasteiger partial charge in [-0.2, -0.15) is 0 Å². The molecule has 0 atom stereocenters. The van der Waals surface area contributed by atoms with Gasteiger partial charge in [0.1, 0.15) is 0 Å². The van der Waals surface area contributed by atoms with Crippen molar-refractivity contribution in [3.8, 4) is 11.5 Å². The van der Waals surface area contributed by atoms with Crippen molar-refractivity contribution in [1.29, 1.82) is 0 Å². The van der Waals surface area contributed by atoms with Crippen molar-refractivity contribution < 1.29 is 10.2 Å². The Bertz CT molecular complexity index is 366. The van der Waals surface area contributed by atoms with Gasteiger partial charge in [-0.1, -0.05) is 0 Å². The molecule has 1 aromatic carbocycles. The molecule has 0 aliphatic rings. The molecule has 0 saturated carbocycles. The molecule has 0 amide bonds. The summed E-state index contributed by atoms with van der Waals surface area (Å²) in [6, 6.07) is 0. The van der Waals surface area contributed by atoms with Crippen molar-refractivity contribution in [2.45, 2.75) is 0 Å². The van der Waals surface area contributed by atoms with E-state index in [9.17, 15) is 14.4 Å². The van der Waals surface area contributed by atoms with Gasteiger partial charge in [0.05, 0.1) is 0 Å². The Balaban J connectivity index is 0. The maximum absolute atomic E-state index is 10.3. The predicted octanol–water partition coefficient (Wildman–Crippen LogP) is -2.71. The summed E-state index contributed by atoms with van der Waals surface area (Å²) in [6.07, 6.45) is 0. The van der Waals surface area contributed by atoms with Gasteiger partial charge >= 0.3 is 0 Å². The average molecular weight is 188 g/mol. The minimum absolute atomic E-state index is 0. The number of hydrogen-bond donors (Lipinski definition) is 2. The van der Waals surface area contributed by atoms with Crippen molar-refractivity contribution in [1.82, 2.24) is 0 Å². The van der Waals surface area contributed by atoms with E-state index < -0.39 is 27.8 Å². The summed E-state index contributed by atoms with van der Waals surface area (Å²) in [7, 11) is 0. The van der Waals surface area contributed by atoms with E-state index in [4.69, 9.17) is 10.2 Å². The summed E-state index contributed by atoms with van der Waals surface area (Å²) in [5, 5.41) is 16.9. The Kier molecular flexibility index (Phi) is 6.39. The van der Waals surface area contributed by atoms with Gasteiger partial charge < -0.3 is 10.2 Å². The van der Waals surface area contributed by atoms with E-state index in [1.54, 1.807) is 0 Å². The molecule has 0 fully saturated rings. The van der Waals surface area contributed by atoms with Gasteiger partial charge in [0.15, 0.2) is 0 Å². The molecule has 54 valence electrons. The van der Waals surface area contributed by atoms with Gasteiger partial charge in [0.25, 0.3) is 16.3 Å². The van der Waals surface area contributed by atoms with Gasteiger partial charge in [0.2, 0.25) is 11.5 Å². The van der Waals surface area contributed by atoms with Crippen LogP contribution in [0.3, 0.4) is 0 Å². The van der Waals surface area contributed by atoms with Crippen LogP contribution in [0.5, 0.6) is 11.5 Å². The molecule has 0 saturated heterocycles. The molecule has 7 heteroatoms. The number of hydrogen-bond acceptors (Lipinski definition) is 5.